The average Bonchev–Trinajstić information content (AvgIpc) is 3.36. The molecule has 5 rings (SSSR count). The summed E-state index contributed by atoms with van der Waals surface area (Å²) < 4.78 is 19.2. The number of amides is 1. The fourth-order valence-corrected chi connectivity index (χ4v) is 4.35. The van der Waals surface area contributed by atoms with Crippen LogP contribution < -0.4 is 14.8 Å². The monoisotopic (exact) mass is 459 g/mol. The van der Waals surface area contributed by atoms with E-state index in [0.717, 1.165) is 16.8 Å². The molecule has 1 aliphatic rings. The summed E-state index contributed by atoms with van der Waals surface area (Å²) in [5.41, 5.74) is 4.69. The summed E-state index contributed by atoms with van der Waals surface area (Å²) in [7, 11) is 1.59. The summed E-state index contributed by atoms with van der Waals surface area (Å²) in [6.45, 7) is 1.72. The molecule has 0 fully saturated rings. The van der Waals surface area contributed by atoms with E-state index in [-0.39, 0.29) is 6.61 Å². The minimum absolute atomic E-state index is 0.125. The van der Waals surface area contributed by atoms with Crippen LogP contribution in [0.4, 0.5) is 10.5 Å². The molecule has 1 amide bonds. The summed E-state index contributed by atoms with van der Waals surface area (Å²) in [4.78, 5) is 17.3. The zero-order valence-corrected chi connectivity index (χ0v) is 18.9. The van der Waals surface area contributed by atoms with Gasteiger partial charge < -0.3 is 19.3 Å². The summed E-state index contributed by atoms with van der Waals surface area (Å²) in [5.74, 6) is 1.25. The molecule has 174 valence electrons. The average molecular weight is 460 g/mol. The number of ether oxygens (including phenoxy) is 3. The van der Waals surface area contributed by atoms with Crippen molar-refractivity contribution >= 4 is 17.4 Å². The highest BCUT2D eigenvalue weighted by Crippen LogP contribution is 2.38. The Kier molecular flexibility index (Phi) is 5.81. The van der Waals surface area contributed by atoms with E-state index in [4.69, 9.17) is 14.2 Å². The molecule has 34 heavy (non-hydrogen) atoms. The standard InChI is InChI=1S/C26H25N3O5/c1-16-21(15-30)29-13-5-8-22(25(29)27-16)33-24-20-7-4-3-6-17(20)14-23(24)34-26(31)28-18-9-11-19(32-2)12-10-18/h3-13,23-24,30H,14-15H2,1-2H3,(H,28,31)/t23-,24-/m1/s1. The Hall–Kier alpha value is -4.04. The second-order valence-electron chi connectivity index (χ2n) is 8.11. The number of methoxy groups -OCH3 is 1. The van der Waals surface area contributed by atoms with Crippen LogP contribution in [0.2, 0.25) is 0 Å². The fraction of sp³-hybridized carbons (Fsp3) is 0.231. The molecular weight excluding hydrogens is 434 g/mol. The van der Waals surface area contributed by atoms with Crippen molar-refractivity contribution in [3.05, 3.63) is 89.4 Å². The molecule has 0 radical (unpaired) electrons. The van der Waals surface area contributed by atoms with Crippen molar-refractivity contribution in [3.63, 3.8) is 0 Å². The molecule has 0 saturated heterocycles. The Morgan fingerprint density at radius 2 is 1.94 bits per heavy atom. The number of imidazole rings is 1. The minimum Gasteiger partial charge on any atom is -0.497 e. The van der Waals surface area contributed by atoms with Crippen molar-refractivity contribution in [2.75, 3.05) is 12.4 Å². The van der Waals surface area contributed by atoms with Crippen molar-refractivity contribution in [1.82, 2.24) is 9.38 Å². The van der Waals surface area contributed by atoms with Crippen molar-refractivity contribution in [1.29, 1.82) is 0 Å². The number of anilines is 1. The van der Waals surface area contributed by atoms with Gasteiger partial charge in [-0.05, 0) is 54.4 Å². The molecular formula is C26H25N3O5. The highest BCUT2D eigenvalue weighted by molar-refractivity contribution is 5.84. The van der Waals surface area contributed by atoms with Gasteiger partial charge in [-0.1, -0.05) is 24.3 Å². The molecule has 2 heterocycles. The van der Waals surface area contributed by atoms with E-state index in [1.807, 2.05) is 53.9 Å². The smallest absolute Gasteiger partial charge is 0.412 e. The van der Waals surface area contributed by atoms with Crippen molar-refractivity contribution in [2.45, 2.75) is 32.2 Å². The third-order valence-electron chi connectivity index (χ3n) is 6.03. The van der Waals surface area contributed by atoms with Crippen LogP contribution in [0.5, 0.6) is 11.5 Å². The molecule has 2 aromatic carbocycles. The van der Waals surface area contributed by atoms with Crippen LogP contribution in [-0.4, -0.2) is 33.8 Å². The van der Waals surface area contributed by atoms with Gasteiger partial charge in [0.2, 0.25) is 0 Å². The van der Waals surface area contributed by atoms with Crippen LogP contribution in [0.3, 0.4) is 0 Å². The molecule has 0 aliphatic heterocycles. The molecule has 0 saturated carbocycles. The van der Waals surface area contributed by atoms with E-state index in [0.29, 0.717) is 34.9 Å². The van der Waals surface area contributed by atoms with E-state index in [9.17, 15) is 9.90 Å². The number of benzene rings is 2. The predicted octanol–water partition coefficient (Wildman–Crippen LogP) is 4.44. The van der Waals surface area contributed by atoms with E-state index in [1.165, 1.54) is 0 Å². The summed E-state index contributed by atoms with van der Waals surface area (Å²) >= 11 is 0. The molecule has 2 atom stereocenters. The zero-order valence-electron chi connectivity index (χ0n) is 18.9. The number of nitrogens with one attached hydrogen (secondary N) is 1. The number of aliphatic hydroxyl groups is 1. The Morgan fingerprint density at radius 1 is 1.15 bits per heavy atom. The van der Waals surface area contributed by atoms with Crippen LogP contribution in [0, 0.1) is 6.92 Å². The Morgan fingerprint density at radius 3 is 2.71 bits per heavy atom. The van der Waals surface area contributed by atoms with E-state index >= 15 is 0 Å². The Balaban J connectivity index is 1.40. The molecule has 8 heteroatoms. The number of carbonyl (C=O) groups is 1. The van der Waals surface area contributed by atoms with Crippen molar-refractivity contribution in [2.24, 2.45) is 0 Å². The van der Waals surface area contributed by atoms with Gasteiger partial charge in [-0.25, -0.2) is 9.78 Å². The van der Waals surface area contributed by atoms with Crippen molar-refractivity contribution < 1.29 is 24.1 Å². The van der Waals surface area contributed by atoms with Crippen LogP contribution in [0.1, 0.15) is 28.6 Å². The van der Waals surface area contributed by atoms with Gasteiger partial charge in [0.15, 0.2) is 17.5 Å². The highest BCUT2D eigenvalue weighted by atomic mass is 16.6. The SMILES string of the molecule is COc1ccc(NC(=O)O[C@@H]2Cc3ccccc3[C@H]2Oc2cccn3c(CO)c(C)nc23)cc1. The number of carbonyl (C=O) groups excluding carboxylic acids is 1. The topological polar surface area (TPSA) is 94.3 Å². The molecule has 1 aliphatic carbocycles. The lowest BCUT2D eigenvalue weighted by Crippen LogP contribution is -2.28. The maximum Gasteiger partial charge on any atom is 0.412 e. The van der Waals surface area contributed by atoms with E-state index in [2.05, 4.69) is 10.3 Å². The Bertz CT molecular complexity index is 1330. The van der Waals surface area contributed by atoms with Gasteiger partial charge in [-0.15, -0.1) is 0 Å². The highest BCUT2D eigenvalue weighted by Gasteiger charge is 2.37. The molecule has 0 unspecified atom stereocenters. The Labute approximate surface area is 196 Å². The lowest BCUT2D eigenvalue weighted by atomic mass is 10.1. The maximum atomic E-state index is 12.7. The first-order valence-corrected chi connectivity index (χ1v) is 11.0. The maximum absolute atomic E-state index is 12.7. The number of aryl methyl sites for hydroxylation is 1. The minimum atomic E-state index is -0.561. The van der Waals surface area contributed by atoms with Gasteiger partial charge in [-0.2, -0.15) is 0 Å². The van der Waals surface area contributed by atoms with Gasteiger partial charge in [0.25, 0.3) is 0 Å². The second kappa shape index (κ2) is 9.07. The number of aromatic nitrogens is 2. The predicted molar refractivity (Wildman–Crippen MR) is 126 cm³/mol. The van der Waals surface area contributed by atoms with Crippen LogP contribution >= 0.6 is 0 Å². The summed E-state index contributed by atoms with van der Waals surface area (Å²) in [6, 6.07) is 18.6. The first-order valence-electron chi connectivity index (χ1n) is 11.0. The molecule has 0 bridgehead atoms. The van der Waals surface area contributed by atoms with Crippen LogP contribution in [-0.2, 0) is 17.8 Å². The second-order valence-corrected chi connectivity index (χ2v) is 8.11. The van der Waals surface area contributed by atoms with Crippen molar-refractivity contribution in [3.8, 4) is 11.5 Å². The number of pyridine rings is 1. The lowest BCUT2D eigenvalue weighted by Gasteiger charge is -2.23. The van der Waals surface area contributed by atoms with E-state index < -0.39 is 18.3 Å². The first-order chi connectivity index (χ1) is 16.6. The quantitative estimate of drug-likeness (QED) is 0.443. The van der Waals surface area contributed by atoms with Gasteiger partial charge in [0, 0.05) is 18.3 Å². The zero-order chi connectivity index (χ0) is 23.7. The van der Waals surface area contributed by atoms with Gasteiger partial charge >= 0.3 is 6.09 Å². The lowest BCUT2D eigenvalue weighted by molar-refractivity contribution is 0.0333. The van der Waals surface area contributed by atoms with Crippen LogP contribution in [0.15, 0.2) is 66.9 Å². The van der Waals surface area contributed by atoms with Gasteiger partial charge in [0.05, 0.1) is 25.1 Å². The number of fused-ring (bicyclic) bond motifs is 2. The number of hydrogen-bond donors (Lipinski definition) is 2. The molecule has 2 aromatic heterocycles. The third-order valence-corrected chi connectivity index (χ3v) is 6.03. The number of aliphatic hydroxyl groups excluding tert-OH is 1. The third kappa shape index (κ3) is 4.04. The normalized spacial score (nSPS) is 16.8. The van der Waals surface area contributed by atoms with E-state index in [1.54, 1.807) is 31.4 Å². The van der Waals surface area contributed by atoms with Gasteiger partial charge in [-0.3, -0.25) is 9.72 Å². The molecule has 8 nitrogen and oxygen atoms in total. The first kappa shape index (κ1) is 21.8. The molecule has 2 N–H and O–H groups in total. The summed E-state index contributed by atoms with van der Waals surface area (Å²) in [6.07, 6.45) is 0.791. The molecule has 4 aromatic rings. The fourth-order valence-electron chi connectivity index (χ4n) is 4.35. The van der Waals surface area contributed by atoms with Crippen LogP contribution in [0.25, 0.3) is 5.65 Å². The number of rotatable bonds is 6. The number of hydrogen-bond acceptors (Lipinski definition) is 6. The summed E-state index contributed by atoms with van der Waals surface area (Å²) in [5, 5.41) is 12.5. The number of nitrogens with zero attached hydrogens (tertiary/aromatic N) is 2. The largest absolute Gasteiger partial charge is 0.497 e. The van der Waals surface area contributed by atoms with Gasteiger partial charge in [0.1, 0.15) is 11.9 Å². The molecule has 0 spiro atoms.